The number of oxime groups is 1. The molecule has 0 saturated heterocycles. The van der Waals surface area contributed by atoms with Crippen molar-refractivity contribution in [3.8, 4) is 0 Å². The Balaban J connectivity index is 1.60. The molecule has 5 heteroatoms. The summed E-state index contributed by atoms with van der Waals surface area (Å²) in [5.41, 5.74) is 2.23. The first-order chi connectivity index (χ1) is 11.1. The van der Waals surface area contributed by atoms with E-state index in [4.69, 9.17) is 4.84 Å². The Kier molecular flexibility index (Phi) is 4.37. The lowest BCUT2D eigenvalue weighted by Crippen LogP contribution is -2.36. The molecule has 0 bridgehead atoms. The van der Waals surface area contributed by atoms with Gasteiger partial charge >= 0.3 is 0 Å². The first-order valence-corrected chi connectivity index (χ1v) is 7.47. The summed E-state index contributed by atoms with van der Waals surface area (Å²) in [6, 6.07) is 15.7. The summed E-state index contributed by atoms with van der Waals surface area (Å²) in [7, 11) is 0. The minimum Gasteiger partial charge on any atom is -0.382 e. The highest BCUT2D eigenvalue weighted by Gasteiger charge is 2.29. The lowest BCUT2D eigenvalue weighted by molar-refractivity contribution is -0.131. The molecule has 2 aromatic rings. The number of carbonyl (C=O) groups is 1. The van der Waals surface area contributed by atoms with Crippen molar-refractivity contribution in [2.24, 2.45) is 5.16 Å². The molecule has 0 radical (unpaired) electrons. The van der Waals surface area contributed by atoms with Crippen molar-refractivity contribution in [2.75, 3.05) is 0 Å². The quantitative estimate of drug-likeness (QED) is 0.942. The van der Waals surface area contributed by atoms with E-state index in [1.807, 2.05) is 37.3 Å². The van der Waals surface area contributed by atoms with Crippen LogP contribution in [0.1, 0.15) is 30.5 Å². The van der Waals surface area contributed by atoms with Gasteiger partial charge in [-0.3, -0.25) is 4.79 Å². The molecule has 2 atom stereocenters. The summed E-state index contributed by atoms with van der Waals surface area (Å²) in [5.74, 6) is -0.563. The summed E-state index contributed by atoms with van der Waals surface area (Å²) < 4.78 is 13.3. The smallest absolute Gasteiger partial charge is 0.264 e. The second kappa shape index (κ2) is 6.60. The Morgan fingerprint density at radius 1 is 1.26 bits per heavy atom. The number of benzene rings is 2. The van der Waals surface area contributed by atoms with Crippen molar-refractivity contribution in [2.45, 2.75) is 25.5 Å². The van der Waals surface area contributed by atoms with Crippen LogP contribution in [-0.4, -0.2) is 17.7 Å². The largest absolute Gasteiger partial charge is 0.382 e. The minimum atomic E-state index is -0.681. The van der Waals surface area contributed by atoms with Gasteiger partial charge in [0.25, 0.3) is 5.91 Å². The molecular weight excluding hydrogens is 295 g/mol. The standard InChI is InChI=1S/C18H17FN2O2/c1-12(13-6-3-2-4-7-13)20-18(22)17-11-16(21-23-17)14-8-5-9-15(19)10-14/h2-10,12,17H,11H2,1H3,(H,20,22)/t12-,17-/m1/s1. The predicted molar refractivity (Wildman–Crippen MR) is 85.4 cm³/mol. The van der Waals surface area contributed by atoms with Crippen molar-refractivity contribution in [3.63, 3.8) is 0 Å². The maximum atomic E-state index is 13.3. The molecule has 1 heterocycles. The predicted octanol–water partition coefficient (Wildman–Crippen LogP) is 3.20. The van der Waals surface area contributed by atoms with E-state index in [9.17, 15) is 9.18 Å². The van der Waals surface area contributed by atoms with E-state index in [1.54, 1.807) is 12.1 Å². The third kappa shape index (κ3) is 3.56. The van der Waals surface area contributed by atoms with Crippen LogP contribution in [-0.2, 0) is 9.63 Å². The Bertz CT molecular complexity index is 731. The average Bonchev–Trinajstić information content (AvgIpc) is 3.06. The van der Waals surface area contributed by atoms with Crippen LogP contribution >= 0.6 is 0 Å². The van der Waals surface area contributed by atoms with Gasteiger partial charge in [0, 0.05) is 12.0 Å². The molecular formula is C18H17FN2O2. The van der Waals surface area contributed by atoms with E-state index in [2.05, 4.69) is 10.5 Å². The number of hydrogen-bond acceptors (Lipinski definition) is 3. The molecule has 1 aliphatic rings. The van der Waals surface area contributed by atoms with Gasteiger partial charge in [-0.15, -0.1) is 0 Å². The fourth-order valence-electron chi connectivity index (χ4n) is 2.49. The minimum absolute atomic E-state index is 0.120. The monoisotopic (exact) mass is 312 g/mol. The molecule has 3 rings (SSSR count). The molecule has 118 valence electrons. The lowest BCUT2D eigenvalue weighted by atomic mass is 10.0. The van der Waals surface area contributed by atoms with Crippen molar-refractivity contribution in [1.29, 1.82) is 0 Å². The topological polar surface area (TPSA) is 50.7 Å². The molecule has 1 N–H and O–H groups in total. The second-order valence-electron chi connectivity index (χ2n) is 5.49. The van der Waals surface area contributed by atoms with Crippen LogP contribution in [0, 0.1) is 5.82 Å². The van der Waals surface area contributed by atoms with Crippen LogP contribution in [0.15, 0.2) is 59.8 Å². The summed E-state index contributed by atoms with van der Waals surface area (Å²) in [6.45, 7) is 1.91. The fraction of sp³-hybridized carbons (Fsp3) is 0.222. The molecule has 0 aliphatic carbocycles. The zero-order valence-corrected chi connectivity index (χ0v) is 12.7. The van der Waals surface area contributed by atoms with Gasteiger partial charge < -0.3 is 10.2 Å². The molecule has 23 heavy (non-hydrogen) atoms. The van der Waals surface area contributed by atoms with E-state index in [1.165, 1.54) is 12.1 Å². The molecule has 1 aliphatic heterocycles. The summed E-state index contributed by atoms with van der Waals surface area (Å²) in [5, 5.41) is 6.83. The van der Waals surface area contributed by atoms with E-state index in [-0.39, 0.29) is 17.8 Å². The molecule has 2 aromatic carbocycles. The molecule has 0 fully saturated rings. The maximum absolute atomic E-state index is 13.3. The Morgan fingerprint density at radius 3 is 2.78 bits per heavy atom. The molecule has 0 aromatic heterocycles. The molecule has 0 saturated carbocycles. The Labute approximate surface area is 134 Å². The second-order valence-corrected chi connectivity index (χ2v) is 5.49. The lowest BCUT2D eigenvalue weighted by Gasteiger charge is -2.16. The first kappa shape index (κ1) is 15.2. The number of hydrogen-bond donors (Lipinski definition) is 1. The molecule has 1 amide bonds. The van der Waals surface area contributed by atoms with Crippen molar-refractivity contribution in [3.05, 3.63) is 71.5 Å². The van der Waals surface area contributed by atoms with Crippen molar-refractivity contribution < 1.29 is 14.0 Å². The normalized spacial score (nSPS) is 18.0. The third-order valence-electron chi connectivity index (χ3n) is 3.78. The Hall–Kier alpha value is -2.69. The van der Waals surface area contributed by atoms with Crippen LogP contribution in [0.2, 0.25) is 0 Å². The van der Waals surface area contributed by atoms with Gasteiger partial charge in [0.15, 0.2) is 0 Å². The van der Waals surface area contributed by atoms with Crippen molar-refractivity contribution in [1.82, 2.24) is 5.32 Å². The molecule has 0 unspecified atom stereocenters. The van der Waals surface area contributed by atoms with Crippen LogP contribution in [0.4, 0.5) is 4.39 Å². The van der Waals surface area contributed by atoms with Crippen molar-refractivity contribution >= 4 is 11.6 Å². The highest BCUT2D eigenvalue weighted by Crippen LogP contribution is 2.19. The number of halogens is 1. The fourth-order valence-corrected chi connectivity index (χ4v) is 2.49. The molecule has 0 spiro atoms. The SMILES string of the molecule is C[C@@H](NC(=O)[C@H]1CC(c2cccc(F)c2)=NO1)c1ccccc1. The van der Waals surface area contributed by atoms with Gasteiger partial charge in [-0.2, -0.15) is 0 Å². The summed E-state index contributed by atoms with van der Waals surface area (Å²) in [4.78, 5) is 17.5. The number of nitrogens with one attached hydrogen (secondary N) is 1. The van der Waals surface area contributed by atoms with Gasteiger partial charge in [-0.25, -0.2) is 4.39 Å². The molecule has 4 nitrogen and oxygen atoms in total. The van der Waals surface area contributed by atoms with Crippen LogP contribution < -0.4 is 5.32 Å². The van der Waals surface area contributed by atoms with E-state index < -0.39 is 6.10 Å². The van der Waals surface area contributed by atoms with E-state index >= 15 is 0 Å². The van der Waals surface area contributed by atoms with Crippen LogP contribution in [0.3, 0.4) is 0 Å². The van der Waals surface area contributed by atoms with Gasteiger partial charge in [0.2, 0.25) is 6.10 Å². The zero-order chi connectivity index (χ0) is 16.2. The van der Waals surface area contributed by atoms with Gasteiger partial charge in [-0.1, -0.05) is 47.6 Å². The van der Waals surface area contributed by atoms with E-state index in [0.717, 1.165) is 5.56 Å². The average molecular weight is 312 g/mol. The number of nitrogens with zero attached hydrogens (tertiary/aromatic N) is 1. The van der Waals surface area contributed by atoms with Gasteiger partial charge in [0.05, 0.1) is 11.8 Å². The van der Waals surface area contributed by atoms with E-state index in [0.29, 0.717) is 17.7 Å². The number of carbonyl (C=O) groups excluding carboxylic acids is 1. The maximum Gasteiger partial charge on any atom is 0.264 e. The number of rotatable bonds is 4. The number of amides is 1. The van der Waals surface area contributed by atoms with Gasteiger partial charge in [-0.05, 0) is 24.6 Å². The highest BCUT2D eigenvalue weighted by molar-refractivity contribution is 6.04. The zero-order valence-electron chi connectivity index (χ0n) is 12.7. The summed E-state index contributed by atoms with van der Waals surface area (Å²) >= 11 is 0. The van der Waals surface area contributed by atoms with Crippen LogP contribution in [0.25, 0.3) is 0 Å². The third-order valence-corrected chi connectivity index (χ3v) is 3.78. The van der Waals surface area contributed by atoms with Crippen LogP contribution in [0.5, 0.6) is 0 Å². The highest BCUT2D eigenvalue weighted by atomic mass is 19.1. The summed E-state index contributed by atoms with van der Waals surface area (Å²) in [6.07, 6.45) is -0.351. The first-order valence-electron chi connectivity index (χ1n) is 7.47. The van der Waals surface area contributed by atoms with Gasteiger partial charge in [0.1, 0.15) is 5.82 Å². The Morgan fingerprint density at radius 2 is 2.04 bits per heavy atom.